The van der Waals surface area contributed by atoms with E-state index in [1.165, 1.54) is 0 Å². The van der Waals surface area contributed by atoms with Gasteiger partial charge in [-0.15, -0.1) is 0 Å². The Labute approximate surface area is 238 Å². The van der Waals surface area contributed by atoms with E-state index in [1.54, 1.807) is 0 Å². The standard InChI is InChI=1S/C36H44O4/c1-33(2,3)23-17-21(18-24(31(23)37)34(4,5)6)27-13-15-29(39-27)30-16-14-28(40-30)22-19-25(35(7,8)9)32(38)26(20-22)36(10,11)12/h13-20H,1-12H3/b30-29-. The van der Waals surface area contributed by atoms with E-state index in [2.05, 4.69) is 83.1 Å². The van der Waals surface area contributed by atoms with Gasteiger partial charge in [-0.3, -0.25) is 9.59 Å². The Balaban J connectivity index is 1.96. The minimum Gasteiger partial charge on any atom is -0.453 e. The van der Waals surface area contributed by atoms with Gasteiger partial charge in [-0.25, -0.2) is 0 Å². The smallest absolute Gasteiger partial charge is 0.186 e. The Hall–Kier alpha value is -3.40. The zero-order valence-corrected chi connectivity index (χ0v) is 26.3. The van der Waals surface area contributed by atoms with Gasteiger partial charge in [0.1, 0.15) is 10.8 Å². The van der Waals surface area contributed by atoms with Crippen molar-refractivity contribution in [1.29, 1.82) is 0 Å². The molecule has 2 aromatic heterocycles. The third-order valence-electron chi connectivity index (χ3n) is 7.43. The molecule has 2 heterocycles. The van der Waals surface area contributed by atoms with E-state index in [1.807, 2.05) is 48.6 Å². The number of carbonyl (C=O) groups excluding carboxylic acids is 2. The highest BCUT2D eigenvalue weighted by molar-refractivity contribution is 6.15. The lowest BCUT2D eigenvalue weighted by Gasteiger charge is -2.31. The number of furan rings is 2. The molecule has 4 rings (SSSR count). The summed E-state index contributed by atoms with van der Waals surface area (Å²) in [6, 6.07) is 7.66. The lowest BCUT2D eigenvalue weighted by atomic mass is 9.72. The van der Waals surface area contributed by atoms with Crippen molar-refractivity contribution in [2.24, 2.45) is 21.7 Å². The second kappa shape index (κ2) is 9.61. The summed E-state index contributed by atoms with van der Waals surface area (Å²) in [5, 5.41) is 0. The van der Waals surface area contributed by atoms with E-state index < -0.39 is 0 Å². The third-order valence-corrected chi connectivity index (χ3v) is 7.43. The molecule has 0 spiro atoms. The molecule has 0 saturated carbocycles. The second-order valence-corrected chi connectivity index (χ2v) is 15.1. The molecule has 4 nitrogen and oxygen atoms in total. The highest BCUT2D eigenvalue weighted by atomic mass is 16.4. The molecule has 0 saturated heterocycles. The van der Waals surface area contributed by atoms with Crippen LogP contribution < -0.4 is 10.8 Å². The van der Waals surface area contributed by atoms with Crippen LogP contribution in [0.25, 0.3) is 11.1 Å². The predicted octanol–water partition coefficient (Wildman–Crippen LogP) is 7.52. The van der Waals surface area contributed by atoms with Crippen molar-refractivity contribution in [3.8, 4) is 0 Å². The SMILES string of the molecule is CC(C)(C)C1=CC(=c2cc/c(=c3\ccc(=C4C=C(C(C)(C)C)C(=O)C(C(C)(C)C)=C4)o3)o2)C=C(C(C)(C)C)C1=O. The van der Waals surface area contributed by atoms with Crippen molar-refractivity contribution in [3.63, 3.8) is 0 Å². The van der Waals surface area contributed by atoms with Crippen molar-refractivity contribution in [2.75, 3.05) is 0 Å². The fourth-order valence-corrected chi connectivity index (χ4v) is 5.02. The number of ketones is 2. The maximum atomic E-state index is 13.3. The summed E-state index contributed by atoms with van der Waals surface area (Å²) in [4.78, 5) is 26.7. The van der Waals surface area contributed by atoms with Gasteiger partial charge in [-0.1, -0.05) is 83.1 Å². The average Bonchev–Trinajstić information content (AvgIpc) is 3.46. The molecule has 0 bridgehead atoms. The zero-order chi connectivity index (χ0) is 30.0. The largest absolute Gasteiger partial charge is 0.453 e. The number of rotatable bonds is 0. The fourth-order valence-electron chi connectivity index (χ4n) is 5.02. The minimum absolute atomic E-state index is 0.0968. The van der Waals surface area contributed by atoms with Gasteiger partial charge in [0.2, 0.25) is 0 Å². The van der Waals surface area contributed by atoms with Crippen LogP contribution >= 0.6 is 0 Å². The molecule has 2 aliphatic carbocycles. The maximum Gasteiger partial charge on any atom is 0.186 e. The average molecular weight is 541 g/mol. The van der Waals surface area contributed by atoms with Crippen LogP contribution in [0.5, 0.6) is 0 Å². The van der Waals surface area contributed by atoms with Crippen LogP contribution in [-0.4, -0.2) is 11.6 Å². The van der Waals surface area contributed by atoms with Crippen molar-refractivity contribution in [2.45, 2.75) is 83.1 Å². The first-order valence-corrected chi connectivity index (χ1v) is 14.1. The Bertz CT molecular complexity index is 1530. The van der Waals surface area contributed by atoms with Gasteiger partial charge in [0, 0.05) is 33.4 Å². The van der Waals surface area contributed by atoms with Gasteiger partial charge in [0.25, 0.3) is 0 Å². The first-order chi connectivity index (χ1) is 18.2. The quantitative estimate of drug-likeness (QED) is 0.347. The van der Waals surface area contributed by atoms with Crippen LogP contribution in [0.15, 0.2) is 79.7 Å². The monoisotopic (exact) mass is 540 g/mol. The highest BCUT2D eigenvalue weighted by Gasteiger charge is 2.35. The molecule has 0 aromatic carbocycles. The third kappa shape index (κ3) is 5.73. The van der Waals surface area contributed by atoms with Gasteiger partial charge in [0.05, 0.1) is 0 Å². The molecular weight excluding hydrogens is 496 g/mol. The normalized spacial score (nSPS) is 18.5. The number of Topliss-reactive ketones (excluding diaryl/α,β-unsaturated/α-hetero) is 2. The molecule has 0 unspecified atom stereocenters. The first-order valence-electron chi connectivity index (χ1n) is 14.1. The summed E-state index contributed by atoms with van der Waals surface area (Å²) in [5.74, 6) is 0.194. The van der Waals surface area contributed by atoms with E-state index >= 15 is 0 Å². The predicted molar refractivity (Wildman–Crippen MR) is 161 cm³/mol. The van der Waals surface area contributed by atoms with Crippen LogP contribution in [0, 0.1) is 32.5 Å². The maximum absolute atomic E-state index is 13.3. The molecular formula is C36H44O4. The second-order valence-electron chi connectivity index (χ2n) is 15.1. The highest BCUT2D eigenvalue weighted by Crippen LogP contribution is 2.40. The van der Waals surface area contributed by atoms with Crippen LogP contribution in [-0.2, 0) is 9.59 Å². The summed E-state index contributed by atoms with van der Waals surface area (Å²) in [6.45, 7) is 24.8. The number of allylic oxidation sites excluding steroid dienone is 8. The van der Waals surface area contributed by atoms with Gasteiger partial charge in [-0.05, 0) is 70.2 Å². The lowest BCUT2D eigenvalue weighted by molar-refractivity contribution is -0.114. The first kappa shape index (κ1) is 29.6. The zero-order valence-electron chi connectivity index (χ0n) is 26.3. The summed E-state index contributed by atoms with van der Waals surface area (Å²) < 4.78 is 12.6. The summed E-state index contributed by atoms with van der Waals surface area (Å²) in [5.41, 5.74) is 6.26. The Kier molecular flexibility index (Phi) is 7.11. The number of carbonyl (C=O) groups is 2. The summed E-state index contributed by atoms with van der Waals surface area (Å²) in [6.07, 6.45) is 7.83. The van der Waals surface area contributed by atoms with Crippen molar-refractivity contribution in [3.05, 3.63) is 92.5 Å². The molecule has 0 radical (unpaired) electrons. The topological polar surface area (TPSA) is 60.4 Å². The van der Waals surface area contributed by atoms with Crippen LogP contribution in [0.2, 0.25) is 0 Å². The van der Waals surface area contributed by atoms with Gasteiger partial charge in [-0.2, -0.15) is 0 Å². The van der Waals surface area contributed by atoms with E-state index in [-0.39, 0.29) is 33.2 Å². The minimum atomic E-state index is -0.296. The number of hydrogen-bond acceptors (Lipinski definition) is 4. The molecule has 40 heavy (non-hydrogen) atoms. The van der Waals surface area contributed by atoms with E-state index in [9.17, 15) is 9.59 Å². The van der Waals surface area contributed by atoms with Gasteiger partial charge in [0.15, 0.2) is 22.4 Å². The Morgan fingerprint density at radius 1 is 0.400 bits per heavy atom. The van der Waals surface area contributed by atoms with Crippen LogP contribution in [0.4, 0.5) is 0 Å². The van der Waals surface area contributed by atoms with Gasteiger partial charge >= 0.3 is 0 Å². The molecule has 0 fully saturated rings. The Morgan fingerprint density at radius 3 is 0.850 bits per heavy atom. The summed E-state index contributed by atoms with van der Waals surface area (Å²) >= 11 is 0. The molecule has 0 atom stereocenters. The van der Waals surface area contributed by atoms with Crippen LogP contribution in [0.3, 0.4) is 0 Å². The molecule has 2 aromatic rings. The van der Waals surface area contributed by atoms with E-state index in [0.29, 0.717) is 21.7 Å². The van der Waals surface area contributed by atoms with Crippen molar-refractivity contribution >= 4 is 22.7 Å². The van der Waals surface area contributed by atoms with Gasteiger partial charge < -0.3 is 8.83 Å². The van der Waals surface area contributed by atoms with Crippen molar-refractivity contribution in [1.82, 2.24) is 0 Å². The fraction of sp³-hybridized carbons (Fsp3) is 0.444. The molecule has 212 valence electrons. The number of hydrogen-bond donors (Lipinski definition) is 0. The molecule has 4 heteroatoms. The molecule has 0 amide bonds. The molecule has 2 aliphatic rings. The molecule has 0 aliphatic heterocycles. The summed E-state index contributed by atoms with van der Waals surface area (Å²) in [7, 11) is 0. The lowest BCUT2D eigenvalue weighted by Crippen LogP contribution is -2.28. The molecule has 0 N–H and O–H groups in total. The van der Waals surface area contributed by atoms with E-state index in [0.717, 1.165) is 33.4 Å². The van der Waals surface area contributed by atoms with Crippen LogP contribution in [0.1, 0.15) is 83.1 Å². The van der Waals surface area contributed by atoms with E-state index in [4.69, 9.17) is 8.83 Å². The Morgan fingerprint density at radius 2 is 0.625 bits per heavy atom. The van der Waals surface area contributed by atoms with Crippen molar-refractivity contribution < 1.29 is 18.4 Å².